The Morgan fingerprint density at radius 1 is 1.18 bits per heavy atom. The first-order valence-electron chi connectivity index (χ1n) is 9.15. The maximum absolute atomic E-state index is 12.4. The molecule has 0 saturated heterocycles. The molecule has 1 aromatic carbocycles. The van der Waals surface area contributed by atoms with Crippen LogP contribution in [0, 0.1) is 13.8 Å². The van der Waals surface area contributed by atoms with Gasteiger partial charge in [0.25, 0.3) is 5.91 Å². The Bertz CT molecular complexity index is 928. The van der Waals surface area contributed by atoms with Crippen molar-refractivity contribution in [3.63, 3.8) is 0 Å². The summed E-state index contributed by atoms with van der Waals surface area (Å²) in [5.41, 5.74) is 2.75. The topological polar surface area (TPSA) is 84.2 Å². The van der Waals surface area contributed by atoms with E-state index in [1.807, 2.05) is 25.3 Å². The second kappa shape index (κ2) is 9.32. The van der Waals surface area contributed by atoms with E-state index in [1.54, 1.807) is 35.6 Å². The zero-order valence-electron chi connectivity index (χ0n) is 16.0. The third kappa shape index (κ3) is 5.29. The van der Waals surface area contributed by atoms with Crippen LogP contribution in [0.2, 0.25) is 0 Å². The molecule has 6 nitrogen and oxygen atoms in total. The molecule has 0 bridgehead atoms. The van der Waals surface area contributed by atoms with E-state index in [2.05, 4.69) is 21.9 Å². The number of thiophene rings is 1. The van der Waals surface area contributed by atoms with Crippen molar-refractivity contribution in [2.24, 2.45) is 0 Å². The van der Waals surface area contributed by atoms with Crippen LogP contribution in [0.3, 0.4) is 0 Å². The summed E-state index contributed by atoms with van der Waals surface area (Å²) in [4.78, 5) is 25.9. The number of aryl methyl sites for hydroxylation is 3. The summed E-state index contributed by atoms with van der Waals surface area (Å²) in [5, 5.41) is 11.6. The van der Waals surface area contributed by atoms with E-state index in [0.29, 0.717) is 30.0 Å². The standard InChI is InChI=1S/C21H23N3O3S/c1-14-19(15(2)27-24-14)13-22-21(26)16-6-3-7-17(12-16)23-20(25)10-4-8-18-9-5-11-28-18/h3,5-7,9,11-12H,4,8,10,13H2,1-2H3,(H,22,26)(H,23,25). The van der Waals surface area contributed by atoms with E-state index < -0.39 is 0 Å². The molecule has 0 radical (unpaired) electrons. The van der Waals surface area contributed by atoms with Gasteiger partial charge in [-0.15, -0.1) is 11.3 Å². The molecule has 0 aliphatic carbocycles. The molecule has 2 heterocycles. The largest absolute Gasteiger partial charge is 0.361 e. The number of hydrogen-bond acceptors (Lipinski definition) is 5. The van der Waals surface area contributed by atoms with Gasteiger partial charge in [-0.05, 0) is 56.3 Å². The molecule has 0 aliphatic rings. The summed E-state index contributed by atoms with van der Waals surface area (Å²) in [6.45, 7) is 4.00. The number of amides is 2. The van der Waals surface area contributed by atoms with Crippen LogP contribution < -0.4 is 10.6 Å². The SMILES string of the molecule is Cc1noc(C)c1CNC(=O)c1cccc(NC(=O)CCCc2cccs2)c1. The first-order chi connectivity index (χ1) is 13.5. The molecule has 7 heteroatoms. The van der Waals surface area contributed by atoms with Gasteiger partial charge in [0, 0.05) is 34.7 Å². The van der Waals surface area contributed by atoms with Crippen LogP contribution in [-0.2, 0) is 17.8 Å². The molecule has 3 rings (SSSR count). The number of rotatable bonds is 8. The van der Waals surface area contributed by atoms with Gasteiger partial charge in [-0.1, -0.05) is 17.3 Å². The van der Waals surface area contributed by atoms with Crippen LogP contribution in [0.25, 0.3) is 0 Å². The van der Waals surface area contributed by atoms with Crippen molar-refractivity contribution in [1.82, 2.24) is 10.5 Å². The van der Waals surface area contributed by atoms with E-state index >= 15 is 0 Å². The summed E-state index contributed by atoms with van der Waals surface area (Å²) in [7, 11) is 0. The van der Waals surface area contributed by atoms with E-state index in [1.165, 1.54) is 4.88 Å². The van der Waals surface area contributed by atoms with Crippen molar-refractivity contribution in [3.05, 3.63) is 69.2 Å². The molecule has 0 atom stereocenters. The molecule has 2 amide bonds. The zero-order chi connectivity index (χ0) is 19.9. The van der Waals surface area contributed by atoms with Gasteiger partial charge in [0.2, 0.25) is 5.91 Å². The molecule has 0 saturated carbocycles. The number of carbonyl (C=O) groups excluding carboxylic acids is 2. The van der Waals surface area contributed by atoms with Gasteiger partial charge in [-0.25, -0.2) is 0 Å². The molecule has 0 unspecified atom stereocenters. The lowest BCUT2D eigenvalue weighted by atomic mass is 10.1. The second-order valence-electron chi connectivity index (χ2n) is 6.55. The quantitative estimate of drug-likeness (QED) is 0.595. The van der Waals surface area contributed by atoms with Crippen molar-refractivity contribution in [2.75, 3.05) is 5.32 Å². The van der Waals surface area contributed by atoms with E-state index in [-0.39, 0.29) is 11.8 Å². The Hall–Kier alpha value is -2.93. The highest BCUT2D eigenvalue weighted by Gasteiger charge is 2.12. The first kappa shape index (κ1) is 19.8. The summed E-state index contributed by atoms with van der Waals surface area (Å²) < 4.78 is 5.10. The van der Waals surface area contributed by atoms with E-state index in [0.717, 1.165) is 24.1 Å². The average Bonchev–Trinajstić information content (AvgIpc) is 3.30. The Kier molecular flexibility index (Phi) is 6.60. The number of benzene rings is 1. The second-order valence-corrected chi connectivity index (χ2v) is 7.58. The highest BCUT2D eigenvalue weighted by Crippen LogP contribution is 2.15. The number of anilines is 1. The van der Waals surface area contributed by atoms with E-state index in [4.69, 9.17) is 4.52 Å². The van der Waals surface area contributed by atoms with Crippen LogP contribution in [0.1, 0.15) is 45.1 Å². The maximum atomic E-state index is 12.4. The summed E-state index contributed by atoms with van der Waals surface area (Å²) in [6.07, 6.45) is 2.14. The van der Waals surface area contributed by atoms with Gasteiger partial charge in [0.05, 0.1) is 5.69 Å². The minimum absolute atomic E-state index is 0.0511. The lowest BCUT2D eigenvalue weighted by Gasteiger charge is -2.08. The van der Waals surface area contributed by atoms with Gasteiger partial charge in [-0.2, -0.15) is 0 Å². The number of nitrogens with zero attached hydrogens (tertiary/aromatic N) is 1. The third-order valence-electron chi connectivity index (χ3n) is 4.42. The fourth-order valence-electron chi connectivity index (χ4n) is 2.86. The van der Waals surface area contributed by atoms with Crippen molar-refractivity contribution in [1.29, 1.82) is 0 Å². The lowest BCUT2D eigenvalue weighted by Crippen LogP contribution is -2.23. The van der Waals surface area contributed by atoms with Crippen LogP contribution in [0.4, 0.5) is 5.69 Å². The van der Waals surface area contributed by atoms with Crippen LogP contribution in [0.15, 0.2) is 46.3 Å². The van der Waals surface area contributed by atoms with Crippen LogP contribution in [-0.4, -0.2) is 17.0 Å². The Balaban J connectivity index is 1.51. The smallest absolute Gasteiger partial charge is 0.251 e. The average molecular weight is 398 g/mol. The highest BCUT2D eigenvalue weighted by atomic mass is 32.1. The number of carbonyl (C=O) groups is 2. The van der Waals surface area contributed by atoms with E-state index in [9.17, 15) is 9.59 Å². The summed E-state index contributed by atoms with van der Waals surface area (Å²) in [5.74, 6) is 0.431. The normalized spacial score (nSPS) is 10.6. The monoisotopic (exact) mass is 397 g/mol. The molecule has 3 aromatic rings. The van der Waals surface area contributed by atoms with Crippen molar-refractivity contribution < 1.29 is 14.1 Å². The fraction of sp³-hybridized carbons (Fsp3) is 0.286. The van der Waals surface area contributed by atoms with Gasteiger partial charge < -0.3 is 15.2 Å². The summed E-state index contributed by atoms with van der Waals surface area (Å²) in [6, 6.07) is 11.0. The Morgan fingerprint density at radius 3 is 2.75 bits per heavy atom. The molecule has 146 valence electrons. The number of nitrogens with one attached hydrogen (secondary N) is 2. The number of hydrogen-bond donors (Lipinski definition) is 2. The minimum atomic E-state index is -0.214. The van der Waals surface area contributed by atoms with Gasteiger partial charge >= 0.3 is 0 Å². The molecular formula is C21H23N3O3S. The Labute approximate surface area is 167 Å². The Morgan fingerprint density at radius 2 is 2.04 bits per heavy atom. The highest BCUT2D eigenvalue weighted by molar-refractivity contribution is 7.09. The predicted molar refractivity (Wildman–Crippen MR) is 109 cm³/mol. The van der Waals surface area contributed by atoms with Gasteiger partial charge in [0.15, 0.2) is 0 Å². The van der Waals surface area contributed by atoms with Crippen LogP contribution >= 0.6 is 11.3 Å². The molecule has 2 N–H and O–H groups in total. The van der Waals surface area contributed by atoms with Crippen LogP contribution in [0.5, 0.6) is 0 Å². The molecular weight excluding hydrogens is 374 g/mol. The summed E-state index contributed by atoms with van der Waals surface area (Å²) >= 11 is 1.70. The van der Waals surface area contributed by atoms with Crippen molar-refractivity contribution in [3.8, 4) is 0 Å². The molecule has 0 fully saturated rings. The van der Waals surface area contributed by atoms with Gasteiger partial charge in [0.1, 0.15) is 5.76 Å². The van der Waals surface area contributed by atoms with Gasteiger partial charge in [-0.3, -0.25) is 9.59 Å². The molecule has 2 aromatic heterocycles. The van der Waals surface area contributed by atoms with Crippen molar-refractivity contribution >= 4 is 28.8 Å². The molecule has 0 aliphatic heterocycles. The molecule has 0 spiro atoms. The van der Waals surface area contributed by atoms with Crippen molar-refractivity contribution in [2.45, 2.75) is 39.7 Å². The predicted octanol–water partition coefficient (Wildman–Crippen LogP) is 4.24. The first-order valence-corrected chi connectivity index (χ1v) is 10.0. The zero-order valence-corrected chi connectivity index (χ0v) is 16.8. The fourth-order valence-corrected chi connectivity index (χ4v) is 3.62. The number of aromatic nitrogens is 1. The maximum Gasteiger partial charge on any atom is 0.251 e. The third-order valence-corrected chi connectivity index (χ3v) is 5.36. The lowest BCUT2D eigenvalue weighted by molar-refractivity contribution is -0.116. The minimum Gasteiger partial charge on any atom is -0.361 e. The molecule has 28 heavy (non-hydrogen) atoms.